The highest BCUT2D eigenvalue weighted by Gasteiger charge is 2.16. The number of nitrogens with zero attached hydrogens (tertiary/aromatic N) is 2. The molecule has 0 atom stereocenters. The van der Waals surface area contributed by atoms with Crippen molar-refractivity contribution in [1.82, 2.24) is 9.13 Å². The van der Waals surface area contributed by atoms with Gasteiger partial charge >= 0.3 is 0 Å². The molecule has 0 radical (unpaired) electrons. The van der Waals surface area contributed by atoms with E-state index in [9.17, 15) is 0 Å². The van der Waals surface area contributed by atoms with Crippen LogP contribution in [0, 0.1) is 6.92 Å². The van der Waals surface area contributed by atoms with Crippen molar-refractivity contribution in [3.8, 4) is 11.3 Å². The summed E-state index contributed by atoms with van der Waals surface area (Å²) < 4.78 is 5.25. The molecule has 0 fully saturated rings. The molecule has 0 saturated heterocycles. The third-order valence-electron chi connectivity index (χ3n) is 5.47. The van der Waals surface area contributed by atoms with Gasteiger partial charge in [-0.3, -0.25) is 0 Å². The Hall–Kier alpha value is -2.23. The Bertz CT molecular complexity index is 1120. The van der Waals surface area contributed by atoms with E-state index in [4.69, 9.17) is 11.6 Å². The number of aryl methyl sites for hydroxylation is 2. The molecule has 4 rings (SSSR count). The first kappa shape index (κ1) is 27.0. The Morgan fingerprint density at radius 1 is 0.727 bits per heavy atom. The number of thiophene rings is 1. The summed E-state index contributed by atoms with van der Waals surface area (Å²) in [5.41, 5.74) is 5.75. The van der Waals surface area contributed by atoms with E-state index in [-0.39, 0.29) is 10.8 Å². The fourth-order valence-corrected chi connectivity index (χ4v) is 4.57. The molecule has 0 amide bonds. The standard InChI is InChI=1S/C12H13N.C9H15N.C8H11ClS/c1-10-8-9-12(13(10)2)11-6-4-3-5-7-11;1-9(2,3)8-6-5-7-10(8)4;1-8(2,3)6-4-5-7(9)10-6/h3-9H,1-2H3;5-7H,1-4H3;4-5H,1-3H3. The van der Waals surface area contributed by atoms with Crippen LogP contribution < -0.4 is 0 Å². The average Bonchev–Trinajstić information content (AvgIpc) is 3.44. The first-order chi connectivity index (χ1) is 15.3. The van der Waals surface area contributed by atoms with Crippen LogP contribution in [-0.2, 0) is 24.9 Å². The van der Waals surface area contributed by atoms with E-state index in [1.165, 1.54) is 27.5 Å². The van der Waals surface area contributed by atoms with Crippen molar-refractivity contribution in [2.45, 2.75) is 59.3 Å². The largest absolute Gasteiger partial charge is 0.354 e. The third kappa shape index (κ3) is 7.94. The normalized spacial score (nSPS) is 11.3. The molecule has 0 N–H and O–H groups in total. The van der Waals surface area contributed by atoms with Gasteiger partial charge in [0.25, 0.3) is 0 Å². The molecular formula is C29H39ClN2S. The van der Waals surface area contributed by atoms with Crippen LogP contribution in [0.15, 0.2) is 72.9 Å². The minimum atomic E-state index is 0.248. The fraction of sp³-hybridized carbons (Fsp3) is 0.379. The van der Waals surface area contributed by atoms with Gasteiger partial charge in [0.15, 0.2) is 0 Å². The van der Waals surface area contributed by atoms with Crippen LogP contribution >= 0.6 is 22.9 Å². The van der Waals surface area contributed by atoms with Crippen molar-refractivity contribution in [1.29, 1.82) is 0 Å². The molecule has 33 heavy (non-hydrogen) atoms. The second kappa shape index (κ2) is 11.3. The van der Waals surface area contributed by atoms with E-state index < -0.39 is 0 Å². The van der Waals surface area contributed by atoms with Crippen LogP contribution in [0.25, 0.3) is 11.3 Å². The van der Waals surface area contributed by atoms with Crippen molar-refractivity contribution in [3.63, 3.8) is 0 Å². The summed E-state index contributed by atoms with van der Waals surface area (Å²) in [6.07, 6.45) is 2.08. The first-order valence-electron chi connectivity index (χ1n) is 11.4. The smallest absolute Gasteiger partial charge is 0.0931 e. The Morgan fingerprint density at radius 3 is 1.70 bits per heavy atom. The third-order valence-corrected chi connectivity index (χ3v) is 7.12. The Kier molecular flexibility index (Phi) is 9.22. The molecule has 0 spiro atoms. The number of halogens is 1. The molecule has 0 aliphatic rings. The predicted octanol–water partition coefficient (Wildman–Crippen LogP) is 9.02. The Labute approximate surface area is 209 Å². The molecule has 0 saturated carbocycles. The second-order valence-corrected chi connectivity index (χ2v) is 12.1. The van der Waals surface area contributed by atoms with Gasteiger partial charge in [-0.15, -0.1) is 11.3 Å². The number of benzene rings is 1. The molecular weight excluding hydrogens is 444 g/mol. The van der Waals surface area contributed by atoms with Gasteiger partial charge in [-0.2, -0.15) is 0 Å². The summed E-state index contributed by atoms with van der Waals surface area (Å²) >= 11 is 7.45. The van der Waals surface area contributed by atoms with Gasteiger partial charge in [0.05, 0.1) is 4.34 Å². The highest BCUT2D eigenvalue weighted by atomic mass is 35.5. The highest BCUT2D eigenvalue weighted by Crippen LogP contribution is 2.31. The van der Waals surface area contributed by atoms with Crippen LogP contribution in [0.1, 0.15) is 57.8 Å². The maximum Gasteiger partial charge on any atom is 0.0931 e. The fourth-order valence-electron chi connectivity index (χ4n) is 3.47. The lowest BCUT2D eigenvalue weighted by Gasteiger charge is -2.19. The lowest BCUT2D eigenvalue weighted by Crippen LogP contribution is -2.15. The van der Waals surface area contributed by atoms with Crippen LogP contribution in [0.2, 0.25) is 4.34 Å². The van der Waals surface area contributed by atoms with Crippen LogP contribution in [-0.4, -0.2) is 9.13 Å². The number of hydrogen-bond donors (Lipinski definition) is 0. The summed E-state index contributed by atoms with van der Waals surface area (Å²) in [5.74, 6) is 0. The summed E-state index contributed by atoms with van der Waals surface area (Å²) in [5, 5.41) is 0. The van der Waals surface area contributed by atoms with E-state index in [1.54, 1.807) is 11.3 Å². The van der Waals surface area contributed by atoms with Crippen molar-refractivity contribution < 1.29 is 0 Å². The van der Waals surface area contributed by atoms with Crippen molar-refractivity contribution in [2.75, 3.05) is 0 Å². The van der Waals surface area contributed by atoms with E-state index >= 15 is 0 Å². The van der Waals surface area contributed by atoms with Gasteiger partial charge in [-0.1, -0.05) is 83.5 Å². The van der Waals surface area contributed by atoms with Crippen molar-refractivity contribution in [3.05, 3.63) is 93.5 Å². The summed E-state index contributed by atoms with van der Waals surface area (Å²) in [6, 6.07) is 23.0. The predicted molar refractivity (Wildman–Crippen MR) is 148 cm³/mol. The zero-order valence-corrected chi connectivity index (χ0v) is 23.2. The molecule has 178 valence electrons. The number of rotatable bonds is 1. The maximum atomic E-state index is 5.78. The van der Waals surface area contributed by atoms with Gasteiger partial charge in [0.1, 0.15) is 0 Å². The molecule has 0 aliphatic carbocycles. The molecule has 4 heteroatoms. The van der Waals surface area contributed by atoms with E-state index in [0.717, 1.165) is 4.34 Å². The molecule has 1 aromatic carbocycles. The summed E-state index contributed by atoms with van der Waals surface area (Å²) in [7, 11) is 4.18. The maximum absolute atomic E-state index is 5.78. The Morgan fingerprint density at radius 2 is 1.36 bits per heavy atom. The van der Waals surface area contributed by atoms with Crippen molar-refractivity contribution >= 4 is 22.9 Å². The van der Waals surface area contributed by atoms with Gasteiger partial charge in [0.2, 0.25) is 0 Å². The number of hydrogen-bond acceptors (Lipinski definition) is 1. The van der Waals surface area contributed by atoms with Crippen LogP contribution in [0.4, 0.5) is 0 Å². The van der Waals surface area contributed by atoms with Gasteiger partial charge in [-0.05, 0) is 54.3 Å². The second-order valence-electron chi connectivity index (χ2n) is 10.4. The quantitative estimate of drug-likeness (QED) is 0.256. The molecule has 2 nitrogen and oxygen atoms in total. The van der Waals surface area contributed by atoms with Gasteiger partial charge < -0.3 is 9.13 Å². The van der Waals surface area contributed by atoms with E-state index in [1.807, 2.05) is 12.1 Å². The molecule has 0 aliphatic heterocycles. The lowest BCUT2D eigenvalue weighted by molar-refractivity contribution is 0.543. The zero-order chi connectivity index (χ0) is 24.8. The Balaban J connectivity index is 0.000000178. The molecule has 4 aromatic rings. The monoisotopic (exact) mass is 482 g/mol. The minimum absolute atomic E-state index is 0.248. The minimum Gasteiger partial charge on any atom is -0.354 e. The van der Waals surface area contributed by atoms with Crippen LogP contribution in [0.3, 0.4) is 0 Å². The average molecular weight is 483 g/mol. The zero-order valence-electron chi connectivity index (χ0n) is 21.6. The lowest BCUT2D eigenvalue weighted by atomic mass is 9.92. The van der Waals surface area contributed by atoms with Gasteiger partial charge in [0, 0.05) is 47.7 Å². The highest BCUT2D eigenvalue weighted by molar-refractivity contribution is 7.16. The van der Waals surface area contributed by atoms with Gasteiger partial charge in [-0.25, -0.2) is 0 Å². The van der Waals surface area contributed by atoms with Crippen molar-refractivity contribution in [2.24, 2.45) is 14.1 Å². The number of aromatic nitrogens is 2. The van der Waals surface area contributed by atoms with E-state index in [0.29, 0.717) is 0 Å². The SMILES string of the molecule is CC(C)(C)c1ccc(Cl)s1.Cc1ccc(-c2ccccc2)n1C.Cn1cccc1C(C)(C)C. The molecule has 0 unspecified atom stereocenters. The van der Waals surface area contributed by atoms with E-state index in [2.05, 4.69) is 132 Å². The van der Waals surface area contributed by atoms with Crippen LogP contribution in [0.5, 0.6) is 0 Å². The summed E-state index contributed by atoms with van der Waals surface area (Å²) in [4.78, 5) is 1.34. The first-order valence-corrected chi connectivity index (χ1v) is 12.6. The molecule has 0 bridgehead atoms. The summed E-state index contributed by atoms with van der Waals surface area (Å²) in [6.45, 7) is 15.4. The molecule has 3 heterocycles. The molecule has 3 aromatic heterocycles. The topological polar surface area (TPSA) is 9.86 Å².